The van der Waals surface area contributed by atoms with E-state index >= 15 is 0 Å². The number of ether oxygens (including phenoxy) is 2. The molecule has 0 aromatic rings. The maximum absolute atomic E-state index is 12.2. The molecule has 3 rings (SSSR count). The van der Waals surface area contributed by atoms with Gasteiger partial charge in [-0.05, 0) is 57.8 Å². The van der Waals surface area contributed by atoms with Gasteiger partial charge in [0, 0.05) is 18.6 Å². The van der Waals surface area contributed by atoms with Gasteiger partial charge in [0.2, 0.25) is 0 Å². The van der Waals surface area contributed by atoms with Gasteiger partial charge < -0.3 is 20.1 Å². The van der Waals surface area contributed by atoms with E-state index in [1.807, 2.05) is 20.8 Å². The minimum atomic E-state index is -0.466. The Morgan fingerprint density at radius 1 is 1.20 bits per heavy atom. The van der Waals surface area contributed by atoms with Crippen LogP contribution in [0, 0.1) is 17.3 Å². The minimum absolute atomic E-state index is 0.115. The van der Waals surface area contributed by atoms with Crippen molar-refractivity contribution in [2.24, 2.45) is 17.3 Å². The maximum atomic E-state index is 12.2. The van der Waals surface area contributed by atoms with Gasteiger partial charge >= 0.3 is 6.09 Å². The molecule has 0 radical (unpaired) electrons. The first kappa shape index (κ1) is 19.0. The van der Waals surface area contributed by atoms with E-state index in [9.17, 15) is 4.79 Å². The SMILES string of the molecule is CC1CC(C)(C)CCC1NC1C(NC(=O)OC(C)(C)C)C2CCOC21. The van der Waals surface area contributed by atoms with Gasteiger partial charge in [0.05, 0.1) is 18.2 Å². The lowest BCUT2D eigenvalue weighted by Crippen LogP contribution is -2.72. The van der Waals surface area contributed by atoms with Crippen molar-refractivity contribution >= 4 is 6.09 Å². The van der Waals surface area contributed by atoms with Gasteiger partial charge in [-0.2, -0.15) is 0 Å². The summed E-state index contributed by atoms with van der Waals surface area (Å²) in [6, 6.07) is 0.823. The highest BCUT2D eigenvalue weighted by Gasteiger charge is 2.55. The normalized spacial score (nSPS) is 40.1. The first-order valence-electron chi connectivity index (χ1n) is 9.93. The summed E-state index contributed by atoms with van der Waals surface area (Å²) >= 11 is 0. The molecule has 2 N–H and O–H groups in total. The summed E-state index contributed by atoms with van der Waals surface area (Å²) in [6.45, 7) is 13.6. The predicted octanol–water partition coefficient (Wildman–Crippen LogP) is 3.47. The molecule has 2 aliphatic carbocycles. The van der Waals surface area contributed by atoms with Crippen molar-refractivity contribution in [3.05, 3.63) is 0 Å². The lowest BCUT2D eigenvalue weighted by molar-refractivity contribution is -0.0437. The summed E-state index contributed by atoms with van der Waals surface area (Å²) in [5.74, 6) is 1.06. The number of nitrogens with one attached hydrogen (secondary N) is 2. The second-order valence-electron chi connectivity index (χ2n) is 10.1. The minimum Gasteiger partial charge on any atom is -0.444 e. The van der Waals surface area contributed by atoms with E-state index in [4.69, 9.17) is 9.47 Å². The summed E-state index contributed by atoms with van der Waals surface area (Å²) in [5, 5.41) is 6.95. The van der Waals surface area contributed by atoms with Crippen LogP contribution < -0.4 is 10.6 Å². The first-order valence-corrected chi connectivity index (χ1v) is 9.93. The van der Waals surface area contributed by atoms with Crippen molar-refractivity contribution in [1.29, 1.82) is 0 Å². The molecule has 0 aromatic carbocycles. The molecule has 5 nitrogen and oxygen atoms in total. The zero-order valence-electron chi connectivity index (χ0n) is 16.7. The van der Waals surface area contributed by atoms with Crippen molar-refractivity contribution in [3.8, 4) is 0 Å². The van der Waals surface area contributed by atoms with E-state index in [-0.39, 0.29) is 24.3 Å². The zero-order chi connectivity index (χ0) is 18.4. The Kier molecular flexibility index (Phi) is 5.11. The van der Waals surface area contributed by atoms with Crippen LogP contribution in [0.4, 0.5) is 4.79 Å². The number of amides is 1. The highest BCUT2D eigenvalue weighted by Crippen LogP contribution is 2.42. The topological polar surface area (TPSA) is 59.6 Å². The van der Waals surface area contributed by atoms with Crippen LogP contribution in [0.5, 0.6) is 0 Å². The Bertz CT molecular complexity index is 500. The molecule has 0 bridgehead atoms. The predicted molar refractivity (Wildman–Crippen MR) is 98.5 cm³/mol. The average Bonchev–Trinajstić information content (AvgIpc) is 2.86. The molecule has 1 heterocycles. The molecule has 0 aromatic heterocycles. The van der Waals surface area contributed by atoms with E-state index in [0.29, 0.717) is 23.3 Å². The highest BCUT2D eigenvalue weighted by atomic mass is 16.6. The third-order valence-electron chi connectivity index (χ3n) is 6.17. The maximum Gasteiger partial charge on any atom is 0.407 e. The van der Waals surface area contributed by atoms with Gasteiger partial charge in [-0.3, -0.25) is 0 Å². The summed E-state index contributed by atoms with van der Waals surface area (Å²) in [6.07, 6.45) is 4.64. The smallest absolute Gasteiger partial charge is 0.407 e. The van der Waals surface area contributed by atoms with Crippen LogP contribution >= 0.6 is 0 Å². The lowest BCUT2D eigenvalue weighted by Gasteiger charge is -2.51. The van der Waals surface area contributed by atoms with Gasteiger partial charge in [0.1, 0.15) is 5.60 Å². The Balaban J connectivity index is 1.60. The third kappa shape index (κ3) is 4.30. The highest BCUT2D eigenvalue weighted by molar-refractivity contribution is 5.68. The van der Waals surface area contributed by atoms with E-state index in [1.54, 1.807) is 0 Å². The van der Waals surface area contributed by atoms with Crippen LogP contribution in [0.2, 0.25) is 0 Å². The number of rotatable bonds is 3. The van der Waals surface area contributed by atoms with Crippen molar-refractivity contribution in [2.45, 2.75) is 97.1 Å². The molecular weight excluding hydrogens is 316 g/mol. The van der Waals surface area contributed by atoms with Crippen LogP contribution in [0.3, 0.4) is 0 Å². The number of alkyl carbamates (subject to hydrolysis) is 1. The summed E-state index contributed by atoms with van der Waals surface area (Å²) in [4.78, 5) is 12.2. The Morgan fingerprint density at radius 2 is 1.92 bits per heavy atom. The number of carbonyl (C=O) groups excluding carboxylic acids is 1. The molecule has 3 fully saturated rings. The van der Waals surface area contributed by atoms with Gasteiger partial charge in [-0.25, -0.2) is 4.79 Å². The van der Waals surface area contributed by atoms with Crippen LogP contribution in [-0.4, -0.2) is 42.5 Å². The van der Waals surface area contributed by atoms with E-state index in [1.165, 1.54) is 19.3 Å². The number of carbonyl (C=O) groups is 1. The van der Waals surface area contributed by atoms with Crippen LogP contribution in [-0.2, 0) is 9.47 Å². The fourth-order valence-corrected chi connectivity index (χ4v) is 4.99. The third-order valence-corrected chi connectivity index (χ3v) is 6.17. The van der Waals surface area contributed by atoms with E-state index in [0.717, 1.165) is 13.0 Å². The molecule has 3 aliphatic rings. The molecule has 6 atom stereocenters. The standard InChI is InChI=1S/C20H36N2O3/c1-12-11-20(5,6)9-7-14(12)21-16-15(13-8-10-24-17(13)16)22-18(23)25-19(2,3)4/h12-17,21H,7-11H2,1-6H3,(H,22,23). The second kappa shape index (κ2) is 6.73. The van der Waals surface area contributed by atoms with Gasteiger partial charge in [-0.15, -0.1) is 0 Å². The molecule has 1 amide bonds. The van der Waals surface area contributed by atoms with Crippen molar-refractivity contribution in [2.75, 3.05) is 6.61 Å². The molecule has 6 unspecified atom stereocenters. The molecule has 144 valence electrons. The van der Waals surface area contributed by atoms with E-state index in [2.05, 4.69) is 31.4 Å². The van der Waals surface area contributed by atoms with Crippen LogP contribution in [0.1, 0.15) is 67.2 Å². The monoisotopic (exact) mass is 352 g/mol. The van der Waals surface area contributed by atoms with E-state index < -0.39 is 5.60 Å². The van der Waals surface area contributed by atoms with Crippen molar-refractivity contribution in [1.82, 2.24) is 10.6 Å². The summed E-state index contributed by atoms with van der Waals surface area (Å²) in [5.41, 5.74) is -0.0242. The molecule has 1 aliphatic heterocycles. The van der Waals surface area contributed by atoms with Crippen LogP contribution in [0.25, 0.3) is 0 Å². The quantitative estimate of drug-likeness (QED) is 0.816. The lowest BCUT2D eigenvalue weighted by atomic mass is 9.68. The second-order valence-corrected chi connectivity index (χ2v) is 10.1. The van der Waals surface area contributed by atoms with Gasteiger partial charge in [0.25, 0.3) is 0 Å². The number of hydrogen-bond donors (Lipinski definition) is 2. The van der Waals surface area contributed by atoms with Crippen molar-refractivity contribution in [3.63, 3.8) is 0 Å². The molecular formula is C20H36N2O3. The summed E-state index contributed by atoms with van der Waals surface area (Å²) in [7, 11) is 0. The van der Waals surface area contributed by atoms with Crippen molar-refractivity contribution < 1.29 is 14.3 Å². The molecule has 5 heteroatoms. The Hall–Kier alpha value is -0.810. The number of hydrogen-bond acceptors (Lipinski definition) is 4. The number of fused-ring (bicyclic) bond motifs is 1. The van der Waals surface area contributed by atoms with Gasteiger partial charge in [-0.1, -0.05) is 20.8 Å². The Labute approximate surface area is 152 Å². The van der Waals surface area contributed by atoms with Crippen LogP contribution in [0.15, 0.2) is 0 Å². The molecule has 0 spiro atoms. The Morgan fingerprint density at radius 3 is 2.56 bits per heavy atom. The molecule has 2 saturated carbocycles. The largest absolute Gasteiger partial charge is 0.444 e. The zero-order valence-corrected chi connectivity index (χ0v) is 16.7. The summed E-state index contributed by atoms with van der Waals surface area (Å²) < 4.78 is 11.4. The molecule has 25 heavy (non-hydrogen) atoms. The first-order chi connectivity index (χ1) is 11.6. The fourth-order valence-electron chi connectivity index (χ4n) is 4.99. The van der Waals surface area contributed by atoms with Gasteiger partial charge in [0.15, 0.2) is 0 Å². The molecule has 1 saturated heterocycles. The fraction of sp³-hybridized carbons (Fsp3) is 0.950. The average molecular weight is 353 g/mol.